The summed E-state index contributed by atoms with van der Waals surface area (Å²) in [5, 5.41) is 0.556. The van der Waals surface area contributed by atoms with Crippen molar-refractivity contribution < 1.29 is 9.47 Å². The predicted octanol–water partition coefficient (Wildman–Crippen LogP) is 3.78. The summed E-state index contributed by atoms with van der Waals surface area (Å²) in [4.78, 5) is 0.236. The van der Waals surface area contributed by atoms with E-state index in [4.69, 9.17) is 39.0 Å². The van der Waals surface area contributed by atoms with E-state index in [0.717, 1.165) is 0 Å². The minimum Gasteiger partial charge on any atom is -0.497 e. The smallest absolute Gasteiger partial charge is 0.137 e. The number of halogens is 1. The van der Waals surface area contributed by atoms with Gasteiger partial charge < -0.3 is 15.2 Å². The molecule has 0 unspecified atom stereocenters. The summed E-state index contributed by atoms with van der Waals surface area (Å²) in [5.41, 5.74) is 6.26. The lowest BCUT2D eigenvalue weighted by Crippen LogP contribution is -2.10. The highest BCUT2D eigenvalue weighted by molar-refractivity contribution is 7.80. The van der Waals surface area contributed by atoms with Gasteiger partial charge in [0, 0.05) is 11.1 Å². The van der Waals surface area contributed by atoms with Gasteiger partial charge in [0.2, 0.25) is 0 Å². The minimum atomic E-state index is 0.236. The Labute approximate surface area is 121 Å². The quantitative estimate of drug-likeness (QED) is 0.872. The molecule has 0 saturated heterocycles. The fourth-order valence-electron chi connectivity index (χ4n) is 1.58. The van der Waals surface area contributed by atoms with Gasteiger partial charge in [-0.25, -0.2) is 0 Å². The van der Waals surface area contributed by atoms with Crippen molar-refractivity contribution in [2.75, 3.05) is 7.11 Å². The lowest BCUT2D eigenvalue weighted by Gasteiger charge is -2.11. The van der Waals surface area contributed by atoms with Crippen LogP contribution in [0.25, 0.3) is 0 Å². The van der Waals surface area contributed by atoms with Crippen LogP contribution in [0.15, 0.2) is 42.5 Å². The maximum atomic E-state index is 5.92. The second-order valence-corrected chi connectivity index (χ2v) is 4.66. The number of thiocarbonyl (C=S) groups is 1. The van der Waals surface area contributed by atoms with Crippen molar-refractivity contribution in [2.24, 2.45) is 5.73 Å². The number of methoxy groups -OCH3 is 1. The lowest BCUT2D eigenvalue weighted by molar-refractivity contribution is 0.409. The summed E-state index contributed by atoms with van der Waals surface area (Å²) in [6, 6.07) is 12.4. The first-order valence-electron chi connectivity index (χ1n) is 5.51. The fraction of sp³-hybridized carbons (Fsp3) is 0.0714. The van der Waals surface area contributed by atoms with E-state index in [-0.39, 0.29) is 4.99 Å². The van der Waals surface area contributed by atoms with Crippen LogP contribution in [0.2, 0.25) is 5.02 Å². The summed E-state index contributed by atoms with van der Waals surface area (Å²) in [5.74, 6) is 1.91. The SMILES string of the molecule is COc1cccc(Oc2ccc(Cl)cc2C(N)=S)c1. The number of hydrogen-bond donors (Lipinski definition) is 1. The molecule has 0 atom stereocenters. The summed E-state index contributed by atoms with van der Waals surface area (Å²) >= 11 is 10.9. The molecule has 0 aliphatic heterocycles. The molecule has 0 fully saturated rings. The topological polar surface area (TPSA) is 44.5 Å². The molecule has 98 valence electrons. The third kappa shape index (κ3) is 3.36. The molecule has 2 aromatic rings. The number of hydrogen-bond acceptors (Lipinski definition) is 3. The lowest BCUT2D eigenvalue weighted by atomic mass is 10.2. The van der Waals surface area contributed by atoms with E-state index in [1.807, 2.05) is 18.2 Å². The van der Waals surface area contributed by atoms with Crippen LogP contribution in [0.1, 0.15) is 5.56 Å². The normalized spacial score (nSPS) is 10.0. The van der Waals surface area contributed by atoms with Crippen LogP contribution in [-0.4, -0.2) is 12.1 Å². The molecule has 2 aromatic carbocycles. The molecule has 19 heavy (non-hydrogen) atoms. The summed E-state index contributed by atoms with van der Waals surface area (Å²) in [7, 11) is 1.60. The van der Waals surface area contributed by atoms with Gasteiger partial charge in [0.1, 0.15) is 22.2 Å². The van der Waals surface area contributed by atoms with Gasteiger partial charge in [0.25, 0.3) is 0 Å². The zero-order valence-electron chi connectivity index (χ0n) is 10.2. The van der Waals surface area contributed by atoms with Crippen molar-refractivity contribution in [3.8, 4) is 17.2 Å². The van der Waals surface area contributed by atoms with Crippen LogP contribution >= 0.6 is 23.8 Å². The zero-order valence-corrected chi connectivity index (χ0v) is 11.8. The average Bonchev–Trinajstić information content (AvgIpc) is 2.41. The zero-order chi connectivity index (χ0) is 13.8. The molecule has 2 rings (SSSR count). The summed E-state index contributed by atoms with van der Waals surface area (Å²) in [6.07, 6.45) is 0. The minimum absolute atomic E-state index is 0.236. The van der Waals surface area contributed by atoms with Crippen molar-refractivity contribution in [1.29, 1.82) is 0 Å². The Balaban J connectivity index is 2.34. The number of ether oxygens (including phenoxy) is 2. The Morgan fingerprint density at radius 1 is 1.16 bits per heavy atom. The largest absolute Gasteiger partial charge is 0.497 e. The Hall–Kier alpha value is -1.78. The van der Waals surface area contributed by atoms with E-state index in [1.54, 1.807) is 31.4 Å². The molecular formula is C14H12ClNO2S. The molecule has 0 aromatic heterocycles. The maximum Gasteiger partial charge on any atom is 0.137 e. The first kappa shape index (κ1) is 13.6. The van der Waals surface area contributed by atoms with Gasteiger partial charge in [0.05, 0.1) is 12.7 Å². The molecule has 2 N–H and O–H groups in total. The monoisotopic (exact) mass is 293 g/mol. The molecule has 3 nitrogen and oxygen atoms in total. The molecule has 0 heterocycles. The third-order valence-corrected chi connectivity index (χ3v) is 2.93. The molecule has 0 saturated carbocycles. The highest BCUT2D eigenvalue weighted by Crippen LogP contribution is 2.29. The van der Waals surface area contributed by atoms with Crippen LogP contribution in [0.3, 0.4) is 0 Å². The molecular weight excluding hydrogens is 282 g/mol. The Morgan fingerprint density at radius 3 is 2.58 bits per heavy atom. The Kier molecular flexibility index (Phi) is 4.24. The third-order valence-electron chi connectivity index (χ3n) is 2.48. The van der Waals surface area contributed by atoms with E-state index in [9.17, 15) is 0 Å². The molecule has 0 radical (unpaired) electrons. The van der Waals surface area contributed by atoms with Crippen LogP contribution in [-0.2, 0) is 0 Å². The van der Waals surface area contributed by atoms with Crippen molar-refractivity contribution in [3.63, 3.8) is 0 Å². The van der Waals surface area contributed by atoms with E-state index in [1.165, 1.54) is 0 Å². The number of rotatable bonds is 4. The molecule has 0 amide bonds. The molecule has 0 bridgehead atoms. The number of nitrogens with two attached hydrogens (primary N) is 1. The van der Waals surface area contributed by atoms with Crippen LogP contribution in [0.4, 0.5) is 0 Å². The molecule has 0 spiro atoms. The average molecular weight is 294 g/mol. The van der Waals surface area contributed by atoms with Gasteiger partial charge in [-0.05, 0) is 30.3 Å². The second kappa shape index (κ2) is 5.91. The van der Waals surface area contributed by atoms with Gasteiger partial charge in [-0.3, -0.25) is 0 Å². The Bertz CT molecular complexity index is 616. The summed E-state index contributed by atoms with van der Waals surface area (Å²) < 4.78 is 10.9. The maximum absolute atomic E-state index is 5.92. The molecule has 5 heteroatoms. The van der Waals surface area contributed by atoms with E-state index in [0.29, 0.717) is 27.8 Å². The highest BCUT2D eigenvalue weighted by atomic mass is 35.5. The first-order chi connectivity index (χ1) is 9.10. The van der Waals surface area contributed by atoms with Crippen LogP contribution < -0.4 is 15.2 Å². The second-order valence-electron chi connectivity index (χ2n) is 3.79. The van der Waals surface area contributed by atoms with Gasteiger partial charge in [0.15, 0.2) is 0 Å². The summed E-state index contributed by atoms with van der Waals surface area (Å²) in [6.45, 7) is 0. The van der Waals surface area contributed by atoms with Crippen LogP contribution in [0.5, 0.6) is 17.2 Å². The van der Waals surface area contributed by atoms with Crippen molar-refractivity contribution in [2.45, 2.75) is 0 Å². The molecule has 0 aliphatic carbocycles. The van der Waals surface area contributed by atoms with E-state index >= 15 is 0 Å². The van der Waals surface area contributed by atoms with Crippen LogP contribution in [0, 0.1) is 0 Å². The Morgan fingerprint density at radius 2 is 1.89 bits per heavy atom. The highest BCUT2D eigenvalue weighted by Gasteiger charge is 2.09. The standard InChI is InChI=1S/C14H12ClNO2S/c1-17-10-3-2-4-11(8-10)18-13-6-5-9(15)7-12(13)14(16)19/h2-8H,1H3,(H2,16,19). The first-order valence-corrected chi connectivity index (χ1v) is 6.30. The van der Waals surface area contributed by atoms with Gasteiger partial charge in [-0.15, -0.1) is 0 Å². The number of benzene rings is 2. The van der Waals surface area contributed by atoms with Gasteiger partial charge in [-0.2, -0.15) is 0 Å². The van der Waals surface area contributed by atoms with E-state index < -0.39 is 0 Å². The molecule has 0 aliphatic rings. The van der Waals surface area contributed by atoms with Crippen molar-refractivity contribution in [3.05, 3.63) is 53.1 Å². The van der Waals surface area contributed by atoms with Crippen molar-refractivity contribution in [1.82, 2.24) is 0 Å². The van der Waals surface area contributed by atoms with E-state index in [2.05, 4.69) is 0 Å². The predicted molar refractivity (Wildman–Crippen MR) is 80.4 cm³/mol. The van der Waals surface area contributed by atoms with Gasteiger partial charge in [-0.1, -0.05) is 29.9 Å². The van der Waals surface area contributed by atoms with Crippen molar-refractivity contribution >= 4 is 28.8 Å². The fourth-order valence-corrected chi connectivity index (χ4v) is 1.91. The van der Waals surface area contributed by atoms with Gasteiger partial charge >= 0.3 is 0 Å².